The molecule has 160 valence electrons. The molecule has 3 heteroatoms. The van der Waals surface area contributed by atoms with Gasteiger partial charge in [-0.05, 0) is 37.3 Å². The number of hydrogen-bond acceptors (Lipinski definition) is 3. The van der Waals surface area contributed by atoms with Crippen LogP contribution >= 0.6 is 0 Å². The van der Waals surface area contributed by atoms with E-state index in [1.54, 1.807) is 0 Å². The fourth-order valence-corrected chi connectivity index (χ4v) is 4.38. The van der Waals surface area contributed by atoms with Crippen molar-refractivity contribution < 1.29 is 5.11 Å². The Labute approximate surface area is 178 Å². The third kappa shape index (κ3) is 6.67. The SMILES string of the molecule is C=C/C=C(\C=C/C)C1(CN2CCN(Cc3ccccc3)C(CCO)C2)CC1.CC. The van der Waals surface area contributed by atoms with E-state index in [1.165, 1.54) is 24.0 Å². The summed E-state index contributed by atoms with van der Waals surface area (Å²) in [6.45, 7) is 15.6. The van der Waals surface area contributed by atoms with Crippen LogP contribution in [0.2, 0.25) is 0 Å². The van der Waals surface area contributed by atoms with Crippen molar-refractivity contribution in [2.24, 2.45) is 5.41 Å². The van der Waals surface area contributed by atoms with E-state index >= 15 is 0 Å². The van der Waals surface area contributed by atoms with Gasteiger partial charge in [0.1, 0.15) is 0 Å². The molecule has 0 bridgehead atoms. The Hall–Kier alpha value is -1.68. The highest BCUT2D eigenvalue weighted by atomic mass is 16.3. The van der Waals surface area contributed by atoms with E-state index in [0.717, 1.165) is 39.1 Å². The van der Waals surface area contributed by atoms with Crippen LogP contribution in [0.5, 0.6) is 0 Å². The predicted octanol–water partition coefficient (Wildman–Crippen LogP) is 5.05. The standard InChI is InChI=1S/C24H34N2O.C2H6/c1-3-8-22(9-4-2)24(13-14-24)20-25-15-16-26(23(19-25)12-17-27)18-21-10-6-5-7-11-21;1-2/h3-11,23,27H,1,12-20H2,2H3;1-2H3/b9-4-,22-8+;. The Kier molecular flexibility index (Phi) is 9.86. The highest BCUT2D eigenvalue weighted by Gasteiger charge is 2.46. The van der Waals surface area contributed by atoms with E-state index in [9.17, 15) is 5.11 Å². The zero-order valence-electron chi connectivity index (χ0n) is 18.7. The molecule has 0 amide bonds. The molecule has 1 aliphatic carbocycles. The van der Waals surface area contributed by atoms with Crippen molar-refractivity contribution in [3.8, 4) is 0 Å². The first kappa shape index (κ1) is 23.6. The van der Waals surface area contributed by atoms with Gasteiger partial charge in [-0.3, -0.25) is 9.80 Å². The molecule has 1 atom stereocenters. The first-order valence-corrected chi connectivity index (χ1v) is 11.3. The lowest BCUT2D eigenvalue weighted by molar-refractivity contribution is 0.0466. The number of aliphatic hydroxyl groups excluding tert-OH is 1. The molecule has 3 nitrogen and oxygen atoms in total. The van der Waals surface area contributed by atoms with Crippen LogP contribution in [-0.4, -0.2) is 53.7 Å². The van der Waals surface area contributed by atoms with Crippen molar-refractivity contribution in [2.75, 3.05) is 32.8 Å². The monoisotopic (exact) mass is 396 g/mol. The summed E-state index contributed by atoms with van der Waals surface area (Å²) in [5.41, 5.74) is 3.09. The van der Waals surface area contributed by atoms with E-state index in [-0.39, 0.29) is 6.61 Å². The first-order valence-electron chi connectivity index (χ1n) is 11.3. The van der Waals surface area contributed by atoms with Crippen molar-refractivity contribution in [1.82, 2.24) is 9.80 Å². The van der Waals surface area contributed by atoms with Crippen molar-refractivity contribution in [3.05, 3.63) is 72.4 Å². The maximum atomic E-state index is 9.59. The predicted molar refractivity (Wildman–Crippen MR) is 125 cm³/mol. The summed E-state index contributed by atoms with van der Waals surface area (Å²) in [6, 6.07) is 11.1. The Bertz CT molecular complexity index is 661. The van der Waals surface area contributed by atoms with Gasteiger partial charge < -0.3 is 5.11 Å². The number of aliphatic hydroxyl groups is 1. The van der Waals surface area contributed by atoms with Gasteiger partial charge in [0, 0.05) is 50.8 Å². The number of allylic oxidation sites excluding steroid dienone is 4. The zero-order chi connectivity index (χ0) is 21.1. The van der Waals surface area contributed by atoms with Gasteiger partial charge in [0.05, 0.1) is 0 Å². The molecule has 29 heavy (non-hydrogen) atoms. The lowest BCUT2D eigenvalue weighted by Crippen LogP contribution is -2.54. The molecule has 2 aliphatic rings. The Balaban J connectivity index is 0.00000145. The van der Waals surface area contributed by atoms with E-state index in [4.69, 9.17) is 0 Å². The summed E-state index contributed by atoms with van der Waals surface area (Å²) in [5, 5.41) is 9.59. The van der Waals surface area contributed by atoms with Gasteiger partial charge in [-0.1, -0.05) is 75.1 Å². The zero-order valence-corrected chi connectivity index (χ0v) is 18.7. The molecule has 1 heterocycles. The Morgan fingerprint density at radius 1 is 1.21 bits per heavy atom. The molecule has 2 fully saturated rings. The van der Waals surface area contributed by atoms with E-state index < -0.39 is 0 Å². The molecule has 3 rings (SSSR count). The lowest BCUT2D eigenvalue weighted by Gasteiger charge is -2.43. The number of nitrogens with zero attached hydrogens (tertiary/aromatic N) is 2. The number of piperazine rings is 1. The summed E-state index contributed by atoms with van der Waals surface area (Å²) < 4.78 is 0. The van der Waals surface area contributed by atoms with Crippen LogP contribution in [0.15, 0.2) is 66.8 Å². The minimum absolute atomic E-state index is 0.259. The summed E-state index contributed by atoms with van der Waals surface area (Å²) in [6.07, 6.45) is 11.9. The average molecular weight is 397 g/mol. The summed E-state index contributed by atoms with van der Waals surface area (Å²) >= 11 is 0. The highest BCUT2D eigenvalue weighted by Crippen LogP contribution is 2.53. The highest BCUT2D eigenvalue weighted by molar-refractivity contribution is 5.35. The van der Waals surface area contributed by atoms with Crippen molar-refractivity contribution in [1.29, 1.82) is 0 Å². The lowest BCUT2D eigenvalue weighted by atomic mass is 9.93. The van der Waals surface area contributed by atoms with Gasteiger partial charge in [-0.2, -0.15) is 0 Å². The number of rotatable bonds is 9. The molecule has 1 saturated heterocycles. The van der Waals surface area contributed by atoms with Gasteiger partial charge in [0.15, 0.2) is 0 Å². The fourth-order valence-electron chi connectivity index (χ4n) is 4.38. The molecule has 0 spiro atoms. The number of hydrogen-bond donors (Lipinski definition) is 1. The van der Waals surface area contributed by atoms with Gasteiger partial charge in [0.25, 0.3) is 0 Å². The second kappa shape index (κ2) is 12.1. The molecular weight excluding hydrogens is 356 g/mol. The van der Waals surface area contributed by atoms with Crippen LogP contribution in [0.25, 0.3) is 0 Å². The van der Waals surface area contributed by atoms with Crippen LogP contribution in [0.1, 0.15) is 45.6 Å². The quantitative estimate of drug-likeness (QED) is 0.592. The van der Waals surface area contributed by atoms with E-state index in [0.29, 0.717) is 11.5 Å². The van der Waals surface area contributed by atoms with Crippen molar-refractivity contribution >= 4 is 0 Å². The molecule has 1 aromatic carbocycles. The molecular formula is C26H40N2O. The largest absolute Gasteiger partial charge is 0.396 e. The third-order valence-electron chi connectivity index (χ3n) is 6.02. The average Bonchev–Trinajstić information content (AvgIpc) is 3.53. The molecule has 1 unspecified atom stereocenters. The van der Waals surface area contributed by atoms with E-state index in [1.807, 2.05) is 19.9 Å². The minimum atomic E-state index is 0.259. The van der Waals surface area contributed by atoms with Crippen LogP contribution in [0, 0.1) is 5.41 Å². The number of benzene rings is 1. The van der Waals surface area contributed by atoms with Gasteiger partial charge >= 0.3 is 0 Å². The van der Waals surface area contributed by atoms with Crippen molar-refractivity contribution in [3.63, 3.8) is 0 Å². The normalized spacial score (nSPS) is 22.2. The second-order valence-corrected chi connectivity index (χ2v) is 8.00. The maximum Gasteiger partial charge on any atom is 0.0446 e. The summed E-state index contributed by atoms with van der Waals surface area (Å²) in [7, 11) is 0. The molecule has 1 N–H and O–H groups in total. The maximum absolute atomic E-state index is 9.59. The first-order chi connectivity index (χ1) is 14.2. The van der Waals surface area contributed by atoms with Crippen molar-refractivity contribution in [2.45, 2.75) is 52.6 Å². The molecule has 1 saturated carbocycles. The van der Waals surface area contributed by atoms with Gasteiger partial charge in [-0.15, -0.1) is 0 Å². The summed E-state index contributed by atoms with van der Waals surface area (Å²) in [5.74, 6) is 0. The Morgan fingerprint density at radius 2 is 1.93 bits per heavy atom. The van der Waals surface area contributed by atoms with Crippen LogP contribution in [-0.2, 0) is 6.54 Å². The van der Waals surface area contributed by atoms with E-state index in [2.05, 4.69) is 71.9 Å². The van der Waals surface area contributed by atoms with Gasteiger partial charge in [-0.25, -0.2) is 0 Å². The Morgan fingerprint density at radius 3 is 2.52 bits per heavy atom. The van der Waals surface area contributed by atoms with Gasteiger partial charge in [0.2, 0.25) is 0 Å². The minimum Gasteiger partial charge on any atom is -0.396 e. The van der Waals surface area contributed by atoms with Crippen LogP contribution < -0.4 is 0 Å². The molecule has 1 aliphatic heterocycles. The topological polar surface area (TPSA) is 26.7 Å². The smallest absolute Gasteiger partial charge is 0.0446 e. The van der Waals surface area contributed by atoms with Crippen LogP contribution in [0.4, 0.5) is 0 Å². The van der Waals surface area contributed by atoms with Crippen LogP contribution in [0.3, 0.4) is 0 Å². The fraction of sp³-hybridized carbons (Fsp3) is 0.538. The summed E-state index contributed by atoms with van der Waals surface area (Å²) in [4.78, 5) is 5.17. The second-order valence-electron chi connectivity index (χ2n) is 8.00. The molecule has 0 radical (unpaired) electrons. The molecule has 1 aromatic rings. The molecule has 0 aromatic heterocycles. The third-order valence-corrected chi connectivity index (χ3v) is 6.02.